The smallest absolute Gasteiger partial charge is 0.339 e. The first-order chi connectivity index (χ1) is 18.3. The van der Waals surface area contributed by atoms with E-state index in [1.54, 1.807) is 30.5 Å². The lowest BCUT2D eigenvalue weighted by molar-refractivity contribution is -0.126. The number of ether oxygens (including phenoxy) is 3. The molecule has 2 aromatic carbocycles. The molecule has 2 aromatic heterocycles. The summed E-state index contributed by atoms with van der Waals surface area (Å²) < 4.78 is 18.5. The Morgan fingerprint density at radius 3 is 2.24 bits per heavy atom. The van der Waals surface area contributed by atoms with E-state index >= 15 is 0 Å². The number of pyridine rings is 1. The van der Waals surface area contributed by atoms with Crippen LogP contribution >= 0.6 is 0 Å². The van der Waals surface area contributed by atoms with Crippen LogP contribution in [0, 0.1) is 0 Å². The number of carbonyl (C=O) groups is 2. The van der Waals surface area contributed by atoms with Crippen LogP contribution in [0.2, 0.25) is 0 Å². The highest BCUT2D eigenvalue weighted by Gasteiger charge is 2.29. The summed E-state index contributed by atoms with van der Waals surface area (Å²) in [7, 11) is 1.30. The largest absolute Gasteiger partial charge is 0.485 e. The van der Waals surface area contributed by atoms with Crippen LogP contribution in [0.15, 0.2) is 72.9 Å². The van der Waals surface area contributed by atoms with Gasteiger partial charge in [0.05, 0.1) is 31.4 Å². The van der Waals surface area contributed by atoms with E-state index < -0.39 is 23.5 Å². The third-order valence-electron chi connectivity index (χ3n) is 5.75. The number of hydrogen-bond acceptors (Lipinski definition) is 8. The maximum atomic E-state index is 12.8. The fourth-order valence-electron chi connectivity index (χ4n) is 3.68. The van der Waals surface area contributed by atoms with E-state index in [0.29, 0.717) is 23.8 Å². The number of fused-ring (bicyclic) bond motifs is 1. The van der Waals surface area contributed by atoms with E-state index in [2.05, 4.69) is 15.5 Å². The minimum absolute atomic E-state index is 0.0835. The Bertz CT molecular complexity index is 1380. The number of amides is 1. The minimum Gasteiger partial charge on any atom is -0.485 e. The number of aromatic nitrogens is 3. The molecule has 4 aromatic rings. The number of nitrogens with zero attached hydrogens (tertiary/aromatic N) is 3. The van der Waals surface area contributed by atoms with Crippen molar-refractivity contribution in [2.24, 2.45) is 5.73 Å². The standard InChI is InChI=1S/C28H31N5O5/c1-28(2,29)27(35)30-22(18-37-16-19-10-6-4-7-11-19)24-31-32-25-23(38-17-20-12-8-5-9-13-20)14-21(15-33(24)25)26(34)36-3/h4-15,22H,16-18,29H2,1-3H3,(H,30,35)/t22-/m1/s1. The molecule has 38 heavy (non-hydrogen) atoms. The van der Waals surface area contributed by atoms with Crippen LogP contribution in [0.25, 0.3) is 5.65 Å². The highest BCUT2D eigenvalue weighted by molar-refractivity contribution is 5.90. The molecule has 4 rings (SSSR count). The average Bonchev–Trinajstić information content (AvgIpc) is 3.35. The maximum Gasteiger partial charge on any atom is 0.339 e. The van der Waals surface area contributed by atoms with Crippen molar-refractivity contribution in [3.63, 3.8) is 0 Å². The molecule has 3 N–H and O–H groups in total. The molecule has 0 radical (unpaired) electrons. The SMILES string of the molecule is COC(=O)c1cc(OCc2ccccc2)c2nnc([C@@H](COCc3ccccc3)NC(=O)C(C)(C)N)n2c1. The Hall–Kier alpha value is -4.28. The summed E-state index contributed by atoms with van der Waals surface area (Å²) >= 11 is 0. The number of hydrogen-bond donors (Lipinski definition) is 2. The van der Waals surface area contributed by atoms with Gasteiger partial charge in [-0.25, -0.2) is 4.79 Å². The predicted octanol–water partition coefficient (Wildman–Crippen LogP) is 3.21. The second-order valence-corrected chi connectivity index (χ2v) is 9.36. The molecule has 2 heterocycles. The van der Waals surface area contributed by atoms with Crippen LogP contribution in [0.4, 0.5) is 0 Å². The van der Waals surface area contributed by atoms with Crippen molar-refractivity contribution >= 4 is 17.5 Å². The fraction of sp³-hybridized carbons (Fsp3) is 0.286. The number of nitrogens with one attached hydrogen (secondary N) is 1. The summed E-state index contributed by atoms with van der Waals surface area (Å²) in [6, 6.07) is 20.1. The van der Waals surface area contributed by atoms with Gasteiger partial charge in [0.25, 0.3) is 0 Å². The Morgan fingerprint density at radius 2 is 1.63 bits per heavy atom. The predicted molar refractivity (Wildman–Crippen MR) is 140 cm³/mol. The minimum atomic E-state index is -1.14. The number of carbonyl (C=O) groups excluding carboxylic acids is 2. The molecule has 1 amide bonds. The molecule has 198 valence electrons. The number of rotatable bonds is 11. The summed E-state index contributed by atoms with van der Waals surface area (Å²) in [4.78, 5) is 25.3. The van der Waals surface area contributed by atoms with Crippen molar-refractivity contribution in [1.82, 2.24) is 19.9 Å². The zero-order chi connectivity index (χ0) is 27.1. The third kappa shape index (κ3) is 6.53. The highest BCUT2D eigenvalue weighted by atomic mass is 16.5. The van der Waals surface area contributed by atoms with Crippen LogP contribution in [-0.2, 0) is 27.5 Å². The summed E-state index contributed by atoms with van der Waals surface area (Å²) in [5, 5.41) is 11.6. The molecule has 0 spiro atoms. The second kappa shape index (κ2) is 11.8. The lowest BCUT2D eigenvalue weighted by atomic mass is 10.1. The van der Waals surface area contributed by atoms with Gasteiger partial charge in [0, 0.05) is 12.3 Å². The fourth-order valence-corrected chi connectivity index (χ4v) is 3.68. The van der Waals surface area contributed by atoms with Crippen LogP contribution in [0.5, 0.6) is 5.75 Å². The van der Waals surface area contributed by atoms with Gasteiger partial charge in [0.1, 0.15) is 12.6 Å². The van der Waals surface area contributed by atoms with E-state index in [9.17, 15) is 9.59 Å². The van der Waals surface area contributed by atoms with Crippen molar-refractivity contribution in [3.8, 4) is 5.75 Å². The van der Waals surface area contributed by atoms with Gasteiger partial charge in [-0.05, 0) is 25.0 Å². The Morgan fingerprint density at radius 1 is 1.00 bits per heavy atom. The van der Waals surface area contributed by atoms with Crippen LogP contribution in [-0.4, -0.2) is 45.7 Å². The van der Waals surface area contributed by atoms with Crippen molar-refractivity contribution < 1.29 is 23.8 Å². The van der Waals surface area contributed by atoms with Gasteiger partial charge in [-0.3, -0.25) is 9.20 Å². The first-order valence-electron chi connectivity index (χ1n) is 12.1. The molecule has 0 aliphatic heterocycles. The summed E-state index contributed by atoms with van der Waals surface area (Å²) in [6.45, 7) is 3.88. The monoisotopic (exact) mass is 517 g/mol. The molecular formula is C28H31N5O5. The van der Waals surface area contributed by atoms with Gasteiger partial charge in [0.15, 0.2) is 11.6 Å². The topological polar surface area (TPSA) is 130 Å². The van der Waals surface area contributed by atoms with Gasteiger partial charge in [-0.2, -0.15) is 0 Å². The van der Waals surface area contributed by atoms with Gasteiger partial charge in [-0.1, -0.05) is 60.7 Å². The van der Waals surface area contributed by atoms with E-state index in [1.165, 1.54) is 7.11 Å². The van der Waals surface area contributed by atoms with Crippen molar-refractivity contribution in [1.29, 1.82) is 0 Å². The quantitative estimate of drug-likeness (QED) is 0.290. The van der Waals surface area contributed by atoms with Crippen LogP contribution in [0.3, 0.4) is 0 Å². The van der Waals surface area contributed by atoms with Gasteiger partial charge < -0.3 is 25.3 Å². The Kier molecular flexibility index (Phi) is 8.35. The molecule has 0 fully saturated rings. The highest BCUT2D eigenvalue weighted by Crippen LogP contribution is 2.25. The normalized spacial score (nSPS) is 12.2. The lowest BCUT2D eigenvalue weighted by Gasteiger charge is -2.23. The lowest BCUT2D eigenvalue weighted by Crippen LogP contribution is -2.50. The van der Waals surface area contributed by atoms with Crippen molar-refractivity contribution in [2.75, 3.05) is 13.7 Å². The maximum absolute atomic E-state index is 12.8. The van der Waals surface area contributed by atoms with Gasteiger partial charge >= 0.3 is 5.97 Å². The van der Waals surface area contributed by atoms with E-state index in [1.807, 2.05) is 60.7 Å². The molecule has 10 heteroatoms. The number of esters is 1. The molecule has 1 atom stereocenters. The van der Waals surface area contributed by atoms with Crippen LogP contribution in [0.1, 0.15) is 47.2 Å². The van der Waals surface area contributed by atoms with E-state index in [0.717, 1.165) is 11.1 Å². The molecule has 0 aliphatic rings. The average molecular weight is 518 g/mol. The van der Waals surface area contributed by atoms with Gasteiger partial charge in [-0.15, -0.1) is 10.2 Å². The van der Waals surface area contributed by atoms with E-state index in [4.69, 9.17) is 19.9 Å². The summed E-state index contributed by atoms with van der Waals surface area (Å²) in [6.07, 6.45) is 1.55. The Labute approximate surface area is 220 Å². The Balaban J connectivity index is 1.68. The zero-order valence-electron chi connectivity index (χ0n) is 21.6. The summed E-state index contributed by atoms with van der Waals surface area (Å²) in [5.74, 6) is -0.265. The number of nitrogens with two attached hydrogens (primary N) is 1. The molecule has 0 aliphatic carbocycles. The molecular weight excluding hydrogens is 486 g/mol. The molecule has 0 saturated heterocycles. The second-order valence-electron chi connectivity index (χ2n) is 9.36. The van der Waals surface area contributed by atoms with E-state index in [-0.39, 0.29) is 18.8 Å². The number of benzene rings is 2. The molecule has 10 nitrogen and oxygen atoms in total. The first-order valence-corrected chi connectivity index (χ1v) is 12.1. The zero-order valence-corrected chi connectivity index (χ0v) is 21.6. The molecule has 0 unspecified atom stereocenters. The molecule has 0 bridgehead atoms. The third-order valence-corrected chi connectivity index (χ3v) is 5.75. The number of methoxy groups -OCH3 is 1. The first kappa shape index (κ1) is 26.8. The van der Waals surface area contributed by atoms with Gasteiger partial charge in [0.2, 0.25) is 11.6 Å². The summed E-state index contributed by atoms with van der Waals surface area (Å²) in [5.41, 5.74) is 7.43. The van der Waals surface area contributed by atoms with Crippen molar-refractivity contribution in [2.45, 2.75) is 38.6 Å². The van der Waals surface area contributed by atoms with Crippen LogP contribution < -0.4 is 15.8 Å². The van der Waals surface area contributed by atoms with Crippen molar-refractivity contribution in [3.05, 3.63) is 95.4 Å². The molecule has 0 saturated carbocycles.